The smallest absolute Gasteiger partial charge is 0.364 e. The summed E-state index contributed by atoms with van der Waals surface area (Å²) in [5, 5.41) is 5.58. The third kappa shape index (κ3) is 4.25. The normalized spacial score (nSPS) is 12.1. The zero-order valence-corrected chi connectivity index (χ0v) is 14.7. The van der Waals surface area contributed by atoms with Crippen LogP contribution in [-0.4, -0.2) is 11.1 Å². The highest BCUT2D eigenvalue weighted by Gasteiger charge is 2.36. The van der Waals surface area contributed by atoms with E-state index >= 15 is 0 Å². The molecule has 10 heteroatoms. The molecular formula is C19H12F6N2O2. The van der Waals surface area contributed by atoms with Crippen molar-refractivity contribution in [3.8, 4) is 11.1 Å². The topological polar surface area (TPSA) is 55.1 Å². The van der Waals surface area contributed by atoms with Crippen LogP contribution in [0.4, 0.5) is 32.0 Å². The number of halogens is 6. The number of carbonyl (C=O) groups excluding carboxylic acids is 1. The van der Waals surface area contributed by atoms with Gasteiger partial charge < -0.3 is 9.84 Å². The number of hydrogen-bond donors (Lipinski definition) is 1. The second kappa shape index (κ2) is 7.26. The van der Waals surface area contributed by atoms with Crippen molar-refractivity contribution in [3.05, 3.63) is 71.1 Å². The average Bonchev–Trinajstić information content (AvgIpc) is 3.06. The molecule has 1 heterocycles. The molecule has 0 saturated carbocycles. The second-order valence-corrected chi connectivity index (χ2v) is 6.07. The Bertz CT molecular complexity index is 1050. The van der Waals surface area contributed by atoms with Crippen molar-refractivity contribution >= 4 is 11.6 Å². The molecule has 1 aromatic heterocycles. The molecular weight excluding hydrogens is 402 g/mol. The van der Waals surface area contributed by atoms with Crippen LogP contribution in [0.2, 0.25) is 0 Å². The maximum Gasteiger partial charge on any atom is 0.418 e. The number of rotatable bonds is 3. The van der Waals surface area contributed by atoms with Crippen LogP contribution in [0.25, 0.3) is 11.1 Å². The third-order valence-corrected chi connectivity index (χ3v) is 4.11. The van der Waals surface area contributed by atoms with Gasteiger partial charge in [-0.25, -0.2) is 0 Å². The molecule has 0 aliphatic heterocycles. The summed E-state index contributed by atoms with van der Waals surface area (Å²) in [6.07, 6.45) is -8.69. The van der Waals surface area contributed by atoms with E-state index in [-0.39, 0.29) is 16.8 Å². The van der Waals surface area contributed by atoms with E-state index in [0.29, 0.717) is 6.07 Å². The minimum Gasteiger partial charge on any atom is -0.364 e. The predicted octanol–water partition coefficient (Wildman–Crippen LogP) is 5.94. The van der Waals surface area contributed by atoms with E-state index in [0.717, 1.165) is 36.6 Å². The predicted molar refractivity (Wildman–Crippen MR) is 91.1 cm³/mol. The van der Waals surface area contributed by atoms with Crippen LogP contribution in [0.15, 0.2) is 53.3 Å². The molecule has 0 radical (unpaired) electrons. The summed E-state index contributed by atoms with van der Waals surface area (Å²) < 4.78 is 84.9. The lowest BCUT2D eigenvalue weighted by molar-refractivity contribution is -0.137. The van der Waals surface area contributed by atoms with Crippen molar-refractivity contribution in [2.75, 3.05) is 5.32 Å². The highest BCUT2D eigenvalue weighted by Crippen LogP contribution is 2.41. The number of carbonyl (C=O) groups is 1. The standard InChI is InChI=1S/C19H12F6N2O2/c1-10-13(9-29-27-10)17(28)26-16-7-6-11(8-15(16)19(23,24)25)12-4-2-3-5-14(12)18(20,21)22/h2-9H,1H3,(H,26,28). The Morgan fingerprint density at radius 2 is 1.62 bits per heavy atom. The molecule has 3 rings (SSSR count). The van der Waals surface area contributed by atoms with E-state index < -0.39 is 40.6 Å². The van der Waals surface area contributed by atoms with E-state index in [1.54, 1.807) is 0 Å². The number of anilines is 1. The monoisotopic (exact) mass is 414 g/mol. The number of aryl methyl sites for hydroxylation is 1. The van der Waals surface area contributed by atoms with Gasteiger partial charge >= 0.3 is 12.4 Å². The quantitative estimate of drug-likeness (QED) is 0.540. The molecule has 0 aliphatic rings. The Morgan fingerprint density at radius 1 is 0.966 bits per heavy atom. The van der Waals surface area contributed by atoms with Gasteiger partial charge in [0, 0.05) is 0 Å². The van der Waals surface area contributed by atoms with Crippen molar-refractivity contribution in [2.45, 2.75) is 19.3 Å². The molecule has 0 aliphatic carbocycles. The fourth-order valence-electron chi connectivity index (χ4n) is 2.74. The first-order valence-electron chi connectivity index (χ1n) is 8.08. The summed E-state index contributed by atoms with van der Waals surface area (Å²) in [5.74, 6) is -0.891. The van der Waals surface area contributed by atoms with Gasteiger partial charge in [0.1, 0.15) is 11.8 Å². The minimum absolute atomic E-state index is 0.0652. The summed E-state index contributed by atoms with van der Waals surface area (Å²) >= 11 is 0. The van der Waals surface area contributed by atoms with Gasteiger partial charge in [-0.2, -0.15) is 26.3 Å². The average molecular weight is 414 g/mol. The number of aromatic nitrogens is 1. The van der Waals surface area contributed by atoms with Crippen LogP contribution in [0.1, 0.15) is 27.2 Å². The molecule has 0 unspecified atom stereocenters. The lowest BCUT2D eigenvalue weighted by Gasteiger charge is -2.17. The van der Waals surface area contributed by atoms with Gasteiger partial charge in [-0.3, -0.25) is 4.79 Å². The largest absolute Gasteiger partial charge is 0.418 e. The molecule has 0 spiro atoms. The number of alkyl halides is 6. The van der Waals surface area contributed by atoms with Gasteiger partial charge in [0.15, 0.2) is 0 Å². The number of amides is 1. The summed E-state index contributed by atoms with van der Waals surface area (Å²) in [5.41, 5.74) is -3.53. The van der Waals surface area contributed by atoms with E-state index in [9.17, 15) is 31.1 Å². The number of nitrogens with one attached hydrogen (secondary N) is 1. The Hall–Kier alpha value is -3.30. The van der Waals surface area contributed by atoms with E-state index in [1.165, 1.54) is 13.0 Å². The highest BCUT2D eigenvalue weighted by molar-refractivity contribution is 6.05. The Labute approximate surface area is 160 Å². The minimum atomic E-state index is -4.92. The molecule has 0 atom stereocenters. The molecule has 29 heavy (non-hydrogen) atoms. The molecule has 3 aromatic rings. The van der Waals surface area contributed by atoms with E-state index in [1.807, 2.05) is 0 Å². The fraction of sp³-hybridized carbons (Fsp3) is 0.158. The zero-order valence-electron chi connectivity index (χ0n) is 14.7. The number of nitrogens with zero attached hydrogens (tertiary/aromatic N) is 1. The molecule has 0 bridgehead atoms. The van der Waals surface area contributed by atoms with Crippen LogP contribution in [0.3, 0.4) is 0 Å². The van der Waals surface area contributed by atoms with Crippen molar-refractivity contribution in [1.29, 1.82) is 0 Å². The van der Waals surface area contributed by atoms with Gasteiger partial charge in [-0.15, -0.1) is 0 Å². The van der Waals surface area contributed by atoms with Crippen molar-refractivity contribution in [3.63, 3.8) is 0 Å². The fourth-order valence-corrected chi connectivity index (χ4v) is 2.74. The first-order valence-corrected chi connectivity index (χ1v) is 8.08. The molecule has 1 amide bonds. The van der Waals surface area contributed by atoms with Gasteiger partial charge in [-0.05, 0) is 36.2 Å². The maximum absolute atomic E-state index is 13.5. The lowest BCUT2D eigenvalue weighted by atomic mass is 9.96. The van der Waals surface area contributed by atoms with Gasteiger partial charge in [0.25, 0.3) is 5.91 Å². The molecule has 0 fully saturated rings. The highest BCUT2D eigenvalue weighted by atomic mass is 19.4. The molecule has 152 valence electrons. The maximum atomic E-state index is 13.5. The third-order valence-electron chi connectivity index (χ3n) is 4.11. The van der Waals surface area contributed by atoms with Crippen LogP contribution in [0, 0.1) is 6.92 Å². The van der Waals surface area contributed by atoms with Gasteiger partial charge in [0.2, 0.25) is 0 Å². The molecule has 1 N–H and O–H groups in total. The van der Waals surface area contributed by atoms with Crippen LogP contribution >= 0.6 is 0 Å². The second-order valence-electron chi connectivity index (χ2n) is 6.07. The van der Waals surface area contributed by atoms with Crippen LogP contribution in [-0.2, 0) is 12.4 Å². The summed E-state index contributed by atoms with van der Waals surface area (Å²) in [4.78, 5) is 12.2. The van der Waals surface area contributed by atoms with E-state index in [4.69, 9.17) is 0 Å². The van der Waals surface area contributed by atoms with Gasteiger partial charge in [0.05, 0.1) is 22.5 Å². The lowest BCUT2D eigenvalue weighted by Crippen LogP contribution is -2.17. The Balaban J connectivity index is 2.07. The Kier molecular flexibility index (Phi) is 5.12. The van der Waals surface area contributed by atoms with E-state index in [2.05, 4.69) is 15.0 Å². The molecule has 4 nitrogen and oxygen atoms in total. The summed E-state index contributed by atoms with van der Waals surface area (Å²) in [6, 6.07) is 6.86. The Morgan fingerprint density at radius 3 is 2.21 bits per heavy atom. The first kappa shape index (κ1) is 20.4. The van der Waals surface area contributed by atoms with Crippen molar-refractivity contribution < 1.29 is 35.7 Å². The van der Waals surface area contributed by atoms with Crippen molar-refractivity contribution in [1.82, 2.24) is 5.16 Å². The number of benzene rings is 2. The molecule has 2 aromatic carbocycles. The van der Waals surface area contributed by atoms with Gasteiger partial charge in [-0.1, -0.05) is 29.4 Å². The summed E-state index contributed by atoms with van der Waals surface area (Å²) in [7, 11) is 0. The van der Waals surface area contributed by atoms with Crippen molar-refractivity contribution in [2.24, 2.45) is 0 Å². The first-order chi connectivity index (χ1) is 13.5. The SMILES string of the molecule is Cc1nocc1C(=O)Nc1ccc(-c2ccccc2C(F)(F)F)cc1C(F)(F)F. The van der Waals surface area contributed by atoms with Crippen LogP contribution in [0.5, 0.6) is 0 Å². The number of hydrogen-bond acceptors (Lipinski definition) is 3. The summed E-state index contributed by atoms with van der Waals surface area (Å²) in [6.45, 7) is 1.43. The molecule has 0 saturated heterocycles. The zero-order chi connectivity index (χ0) is 21.4. The van der Waals surface area contributed by atoms with Crippen LogP contribution < -0.4 is 5.32 Å².